The zero-order valence-corrected chi connectivity index (χ0v) is 19.9. The summed E-state index contributed by atoms with van der Waals surface area (Å²) in [5, 5.41) is 14.4. The van der Waals surface area contributed by atoms with Crippen LogP contribution in [-0.2, 0) is 17.8 Å². The van der Waals surface area contributed by atoms with Crippen LogP contribution in [0.1, 0.15) is 24.0 Å². The molecule has 0 bridgehead atoms. The van der Waals surface area contributed by atoms with E-state index in [1.54, 1.807) is 18.2 Å². The number of hydrogen-bond acceptors (Lipinski definition) is 3. The summed E-state index contributed by atoms with van der Waals surface area (Å²) in [6.07, 6.45) is 1.34. The molecule has 3 N–H and O–H groups in total. The number of benzene rings is 3. The van der Waals surface area contributed by atoms with Gasteiger partial charge in [0.05, 0.1) is 10.0 Å². The van der Waals surface area contributed by atoms with Crippen LogP contribution in [0, 0.1) is 0 Å². The van der Waals surface area contributed by atoms with Crippen LogP contribution < -0.4 is 15.4 Å². The van der Waals surface area contributed by atoms with Gasteiger partial charge in [-0.1, -0.05) is 65.7 Å². The molecule has 184 valence electrons. The fourth-order valence-electron chi connectivity index (χ4n) is 3.40. The second-order valence-electron chi connectivity index (χ2n) is 7.56. The Balaban J connectivity index is 1.61. The highest BCUT2D eigenvalue weighted by Crippen LogP contribution is 2.41. The summed E-state index contributed by atoms with van der Waals surface area (Å²) < 4.78 is 30.1. The molecule has 10 heteroatoms. The molecule has 0 saturated carbocycles. The topological polar surface area (TPSA) is 87.7 Å². The van der Waals surface area contributed by atoms with Gasteiger partial charge in [0.25, 0.3) is 0 Å². The van der Waals surface area contributed by atoms with E-state index in [1.165, 1.54) is 18.2 Å². The molecule has 0 aliphatic carbocycles. The number of carboxylic acid groups (broad SMARTS) is 1. The Kier molecular flexibility index (Phi) is 9.28. The van der Waals surface area contributed by atoms with Crippen LogP contribution >= 0.6 is 23.2 Å². The summed E-state index contributed by atoms with van der Waals surface area (Å²) in [5.41, 5.74) is 2.81. The third-order valence-electron chi connectivity index (χ3n) is 5.00. The SMILES string of the molecule is O=C(O)CCCc1ccc(CNC(=O)Nc2cc(Cl)c(-c3ccccc3OC(F)F)c(Cl)c2)cc1. The highest BCUT2D eigenvalue weighted by Gasteiger charge is 2.17. The standard InChI is InChI=1S/C25H22Cl2F2N2O4/c26-19-12-17(13-20(27)23(19)18-5-1-2-6-21(18)35-24(28)29)31-25(34)30-14-16-10-8-15(9-11-16)4-3-7-22(32)33/h1-2,5-6,8-13,24H,3-4,7,14H2,(H,32,33)(H2,30,31,34). The fourth-order valence-corrected chi connectivity index (χ4v) is 4.09. The van der Waals surface area contributed by atoms with Crippen molar-refractivity contribution in [2.45, 2.75) is 32.4 Å². The molecule has 3 aromatic rings. The molecule has 0 saturated heterocycles. The number of alkyl halides is 2. The van der Waals surface area contributed by atoms with Crippen molar-refractivity contribution in [1.82, 2.24) is 5.32 Å². The minimum absolute atomic E-state index is 0.0716. The second-order valence-corrected chi connectivity index (χ2v) is 8.38. The average molecular weight is 523 g/mol. The summed E-state index contributed by atoms with van der Waals surface area (Å²) >= 11 is 12.7. The third kappa shape index (κ3) is 7.83. The van der Waals surface area contributed by atoms with Crippen molar-refractivity contribution in [2.24, 2.45) is 0 Å². The molecule has 2 amide bonds. The number of amides is 2. The number of halogens is 4. The number of aliphatic carboxylic acids is 1. The maximum atomic E-state index is 12.8. The predicted molar refractivity (Wildman–Crippen MR) is 131 cm³/mol. The van der Waals surface area contributed by atoms with Crippen LogP contribution in [0.15, 0.2) is 60.7 Å². The number of carbonyl (C=O) groups excluding carboxylic acids is 1. The Morgan fingerprint density at radius 1 is 0.971 bits per heavy atom. The van der Waals surface area contributed by atoms with Gasteiger partial charge in [0, 0.05) is 29.8 Å². The molecule has 0 aliphatic rings. The van der Waals surface area contributed by atoms with Crippen LogP contribution in [0.2, 0.25) is 10.0 Å². The molecule has 35 heavy (non-hydrogen) atoms. The van der Waals surface area contributed by atoms with E-state index in [0.717, 1.165) is 11.1 Å². The zero-order chi connectivity index (χ0) is 25.4. The van der Waals surface area contributed by atoms with Crippen LogP contribution in [0.4, 0.5) is 19.3 Å². The Morgan fingerprint density at radius 2 is 1.60 bits per heavy atom. The van der Waals surface area contributed by atoms with Gasteiger partial charge in [-0.05, 0) is 42.2 Å². The smallest absolute Gasteiger partial charge is 0.387 e. The van der Waals surface area contributed by atoms with Crippen LogP contribution in [0.5, 0.6) is 5.75 Å². The Labute approximate surface area is 210 Å². The minimum Gasteiger partial charge on any atom is -0.481 e. The molecule has 0 radical (unpaired) electrons. The number of anilines is 1. The maximum absolute atomic E-state index is 12.8. The number of nitrogens with one attached hydrogen (secondary N) is 2. The second kappa shape index (κ2) is 12.4. The first-order valence-electron chi connectivity index (χ1n) is 10.6. The zero-order valence-electron chi connectivity index (χ0n) is 18.4. The van der Waals surface area contributed by atoms with Gasteiger partial charge in [0.1, 0.15) is 5.75 Å². The molecule has 0 atom stereocenters. The normalized spacial score (nSPS) is 10.8. The van der Waals surface area contributed by atoms with Crippen LogP contribution in [0.3, 0.4) is 0 Å². The number of rotatable bonds is 10. The lowest BCUT2D eigenvalue weighted by Crippen LogP contribution is -2.28. The summed E-state index contributed by atoms with van der Waals surface area (Å²) in [6.45, 7) is -2.74. The Morgan fingerprint density at radius 3 is 2.23 bits per heavy atom. The van der Waals surface area contributed by atoms with Crippen molar-refractivity contribution in [3.05, 3.63) is 81.8 Å². The maximum Gasteiger partial charge on any atom is 0.387 e. The minimum atomic E-state index is -3.01. The molecule has 0 aromatic heterocycles. The summed E-state index contributed by atoms with van der Waals surface area (Å²) in [6, 6.07) is 16.1. The van der Waals surface area contributed by atoms with Gasteiger partial charge in [0.2, 0.25) is 0 Å². The largest absolute Gasteiger partial charge is 0.481 e. The van der Waals surface area contributed by atoms with E-state index in [2.05, 4.69) is 15.4 Å². The van der Waals surface area contributed by atoms with E-state index in [0.29, 0.717) is 29.7 Å². The van der Waals surface area contributed by atoms with Crippen molar-refractivity contribution in [3.8, 4) is 16.9 Å². The third-order valence-corrected chi connectivity index (χ3v) is 5.60. The lowest BCUT2D eigenvalue weighted by Gasteiger charge is -2.15. The van der Waals surface area contributed by atoms with E-state index in [9.17, 15) is 18.4 Å². The quantitative estimate of drug-likeness (QED) is 0.267. The number of aryl methyl sites for hydroxylation is 1. The van der Waals surface area contributed by atoms with Gasteiger partial charge in [-0.15, -0.1) is 0 Å². The van der Waals surface area contributed by atoms with E-state index >= 15 is 0 Å². The molecule has 0 aliphatic heterocycles. The molecule has 0 spiro atoms. The first kappa shape index (κ1) is 26.2. The molecular formula is C25H22Cl2F2N2O4. The van der Waals surface area contributed by atoms with E-state index < -0.39 is 18.6 Å². The molecule has 0 unspecified atom stereocenters. The number of carbonyl (C=O) groups is 2. The lowest BCUT2D eigenvalue weighted by molar-refractivity contribution is -0.137. The van der Waals surface area contributed by atoms with Gasteiger partial charge in [-0.25, -0.2) is 4.79 Å². The van der Waals surface area contributed by atoms with Gasteiger partial charge in [-0.3, -0.25) is 4.79 Å². The molecular weight excluding hydrogens is 501 g/mol. The first-order chi connectivity index (χ1) is 16.7. The summed E-state index contributed by atoms with van der Waals surface area (Å²) in [4.78, 5) is 22.9. The number of ether oxygens (including phenoxy) is 1. The molecule has 0 fully saturated rings. The first-order valence-corrected chi connectivity index (χ1v) is 11.4. The highest BCUT2D eigenvalue weighted by molar-refractivity contribution is 6.40. The van der Waals surface area contributed by atoms with E-state index in [4.69, 9.17) is 28.3 Å². The van der Waals surface area contributed by atoms with Crippen LogP contribution in [0.25, 0.3) is 11.1 Å². The molecule has 0 heterocycles. The fraction of sp³-hybridized carbons (Fsp3) is 0.200. The predicted octanol–water partition coefficient (Wildman–Crippen LogP) is 6.99. The number of hydrogen-bond donors (Lipinski definition) is 3. The molecule has 3 aromatic carbocycles. The van der Waals surface area contributed by atoms with Crippen LogP contribution in [-0.4, -0.2) is 23.7 Å². The van der Waals surface area contributed by atoms with Gasteiger partial charge in [-0.2, -0.15) is 8.78 Å². The molecule has 6 nitrogen and oxygen atoms in total. The molecule has 3 rings (SSSR count). The van der Waals surface area contributed by atoms with Gasteiger partial charge in [0.15, 0.2) is 0 Å². The van der Waals surface area contributed by atoms with Gasteiger partial charge < -0.3 is 20.5 Å². The Bertz CT molecular complexity index is 1170. The highest BCUT2D eigenvalue weighted by atomic mass is 35.5. The lowest BCUT2D eigenvalue weighted by atomic mass is 10.0. The summed E-state index contributed by atoms with van der Waals surface area (Å²) in [7, 11) is 0. The van der Waals surface area contributed by atoms with E-state index in [1.807, 2.05) is 24.3 Å². The van der Waals surface area contributed by atoms with Crippen molar-refractivity contribution in [2.75, 3.05) is 5.32 Å². The number of urea groups is 1. The monoisotopic (exact) mass is 522 g/mol. The van der Waals surface area contributed by atoms with E-state index in [-0.39, 0.29) is 28.8 Å². The number of para-hydroxylation sites is 1. The van der Waals surface area contributed by atoms with Gasteiger partial charge >= 0.3 is 18.6 Å². The van der Waals surface area contributed by atoms with Crippen molar-refractivity contribution in [1.29, 1.82) is 0 Å². The summed E-state index contributed by atoms with van der Waals surface area (Å²) in [5.74, 6) is -0.891. The van der Waals surface area contributed by atoms with Crippen molar-refractivity contribution in [3.63, 3.8) is 0 Å². The average Bonchev–Trinajstić information content (AvgIpc) is 2.78. The Hall–Kier alpha value is -3.36. The number of carboxylic acids is 1. The van der Waals surface area contributed by atoms with Crippen molar-refractivity contribution >= 4 is 40.9 Å². The van der Waals surface area contributed by atoms with Crippen molar-refractivity contribution < 1.29 is 28.2 Å².